The first kappa shape index (κ1) is 20.9. The number of rotatable bonds is 7. The predicted octanol–water partition coefficient (Wildman–Crippen LogP) is 4.28. The van der Waals surface area contributed by atoms with Crippen molar-refractivity contribution in [2.75, 3.05) is 6.26 Å². The number of sulfone groups is 1. The topological polar surface area (TPSA) is 72.5 Å². The average molecular weight is 412 g/mol. The number of carbonyl (C=O) groups excluding carboxylic acids is 1. The van der Waals surface area contributed by atoms with Crippen LogP contribution in [-0.2, 0) is 14.6 Å². The number of hydrogen-bond donors (Lipinski definition) is 1. The van der Waals surface area contributed by atoms with Crippen molar-refractivity contribution in [2.45, 2.75) is 37.3 Å². The molecule has 0 fully saturated rings. The molecule has 0 bridgehead atoms. The molecule has 0 aliphatic carbocycles. The van der Waals surface area contributed by atoms with Crippen LogP contribution in [0.3, 0.4) is 0 Å². The molecule has 0 saturated carbocycles. The van der Waals surface area contributed by atoms with Crippen molar-refractivity contribution < 1.29 is 17.9 Å². The van der Waals surface area contributed by atoms with Gasteiger partial charge in [0, 0.05) is 11.6 Å². The van der Waals surface area contributed by atoms with E-state index in [1.54, 1.807) is 24.3 Å². The van der Waals surface area contributed by atoms with E-state index < -0.39 is 15.9 Å². The molecule has 1 N–H and O–H groups in total. The fourth-order valence-electron chi connectivity index (χ4n) is 3.17. The van der Waals surface area contributed by atoms with Crippen molar-refractivity contribution in [1.29, 1.82) is 0 Å². The zero-order chi connectivity index (χ0) is 21.0. The average Bonchev–Trinajstić information content (AvgIpc) is 2.71. The second kappa shape index (κ2) is 8.66. The maximum absolute atomic E-state index is 12.8. The third kappa shape index (κ3) is 4.95. The minimum atomic E-state index is -3.25. The summed E-state index contributed by atoms with van der Waals surface area (Å²) in [5.41, 5.74) is 0.825. The van der Waals surface area contributed by atoms with Crippen molar-refractivity contribution in [2.24, 2.45) is 0 Å². The summed E-state index contributed by atoms with van der Waals surface area (Å²) in [6, 6.07) is 19.9. The van der Waals surface area contributed by atoms with Gasteiger partial charge in [-0.05, 0) is 42.5 Å². The normalized spacial score (nSPS) is 13.6. The summed E-state index contributed by atoms with van der Waals surface area (Å²) in [7, 11) is -3.25. The molecule has 152 valence electrons. The third-order valence-corrected chi connectivity index (χ3v) is 5.98. The molecule has 2 atom stereocenters. The number of amides is 1. The molecule has 3 rings (SSSR count). The number of nitrogens with one attached hydrogen (secondary N) is 1. The molecule has 5 nitrogen and oxygen atoms in total. The van der Waals surface area contributed by atoms with Crippen molar-refractivity contribution >= 4 is 26.5 Å². The summed E-state index contributed by atoms with van der Waals surface area (Å²) in [6.07, 6.45) is 1.07. The number of benzene rings is 3. The van der Waals surface area contributed by atoms with Crippen molar-refractivity contribution in [3.8, 4) is 5.75 Å². The lowest BCUT2D eigenvalue weighted by atomic mass is 10.1. The fraction of sp³-hybridized carbons (Fsp3) is 0.261. The molecule has 29 heavy (non-hydrogen) atoms. The first-order valence-electron chi connectivity index (χ1n) is 9.54. The molecule has 1 amide bonds. The van der Waals surface area contributed by atoms with Crippen LogP contribution in [0.5, 0.6) is 5.75 Å². The molecule has 0 aliphatic rings. The molecule has 3 aromatic carbocycles. The Labute approximate surface area is 171 Å². The van der Waals surface area contributed by atoms with Crippen LogP contribution in [0.2, 0.25) is 0 Å². The lowest BCUT2D eigenvalue weighted by Gasteiger charge is -2.21. The molecule has 0 heterocycles. The van der Waals surface area contributed by atoms with Crippen LogP contribution in [0.1, 0.15) is 31.9 Å². The number of carbonyl (C=O) groups is 1. The highest BCUT2D eigenvalue weighted by atomic mass is 32.2. The van der Waals surface area contributed by atoms with E-state index in [2.05, 4.69) is 5.32 Å². The Morgan fingerprint density at radius 2 is 1.66 bits per heavy atom. The highest BCUT2D eigenvalue weighted by Crippen LogP contribution is 2.27. The quantitative estimate of drug-likeness (QED) is 0.630. The zero-order valence-electron chi connectivity index (χ0n) is 16.8. The van der Waals surface area contributed by atoms with Crippen LogP contribution in [0.15, 0.2) is 71.6 Å². The Kier molecular flexibility index (Phi) is 6.23. The summed E-state index contributed by atoms with van der Waals surface area (Å²) in [6.45, 7) is 3.76. The summed E-state index contributed by atoms with van der Waals surface area (Å²) in [5.74, 6) is 0.468. The van der Waals surface area contributed by atoms with Gasteiger partial charge in [0.15, 0.2) is 15.9 Å². The standard InChI is InChI=1S/C23H25NO4S/c1-4-21(28-22-11-7-9-18-8-5-6-10-20(18)22)23(25)24-16(2)17-12-14-19(15-13-17)29(3,26)27/h5-16,21H,4H2,1-3H3,(H,24,25)/t16-,21+/m1/s1. The minimum absolute atomic E-state index is 0.208. The second-order valence-corrected chi connectivity index (χ2v) is 9.08. The van der Waals surface area contributed by atoms with E-state index in [-0.39, 0.29) is 16.8 Å². The Morgan fingerprint density at radius 3 is 2.31 bits per heavy atom. The van der Waals surface area contributed by atoms with Crippen LogP contribution >= 0.6 is 0 Å². The maximum atomic E-state index is 12.8. The van der Waals surface area contributed by atoms with E-state index in [0.29, 0.717) is 12.2 Å². The summed E-state index contributed by atoms with van der Waals surface area (Å²) in [5, 5.41) is 4.98. The Morgan fingerprint density at radius 1 is 1.00 bits per heavy atom. The van der Waals surface area contributed by atoms with Gasteiger partial charge in [0.25, 0.3) is 5.91 Å². The van der Waals surface area contributed by atoms with Gasteiger partial charge in [-0.2, -0.15) is 0 Å². The summed E-state index contributed by atoms with van der Waals surface area (Å²) in [4.78, 5) is 13.0. The Balaban J connectivity index is 1.72. The van der Waals surface area contributed by atoms with Gasteiger partial charge in [-0.3, -0.25) is 4.79 Å². The first-order chi connectivity index (χ1) is 13.8. The molecule has 0 unspecified atom stereocenters. The largest absolute Gasteiger partial charge is 0.480 e. The van der Waals surface area contributed by atoms with Crippen LogP contribution < -0.4 is 10.1 Å². The fourth-order valence-corrected chi connectivity index (χ4v) is 3.80. The Hall–Kier alpha value is -2.86. The van der Waals surface area contributed by atoms with Gasteiger partial charge in [-0.15, -0.1) is 0 Å². The van der Waals surface area contributed by atoms with Crippen molar-refractivity contribution in [3.63, 3.8) is 0 Å². The highest BCUT2D eigenvalue weighted by molar-refractivity contribution is 7.90. The van der Waals surface area contributed by atoms with Gasteiger partial charge in [-0.1, -0.05) is 55.5 Å². The van der Waals surface area contributed by atoms with E-state index >= 15 is 0 Å². The molecule has 6 heteroatoms. The number of fused-ring (bicyclic) bond motifs is 1. The molecule has 3 aromatic rings. The van der Waals surface area contributed by atoms with Crippen molar-refractivity contribution in [1.82, 2.24) is 5.32 Å². The molecule has 0 aromatic heterocycles. The second-order valence-electron chi connectivity index (χ2n) is 7.06. The van der Waals surface area contributed by atoms with E-state index in [0.717, 1.165) is 16.3 Å². The number of hydrogen-bond acceptors (Lipinski definition) is 4. The number of ether oxygens (including phenoxy) is 1. The molecule has 0 spiro atoms. The third-order valence-electron chi connectivity index (χ3n) is 4.85. The van der Waals surface area contributed by atoms with Gasteiger partial charge in [0.1, 0.15) is 5.75 Å². The zero-order valence-corrected chi connectivity index (χ0v) is 17.6. The molecular weight excluding hydrogens is 386 g/mol. The van der Waals surface area contributed by atoms with Crippen LogP contribution in [-0.4, -0.2) is 26.7 Å². The van der Waals surface area contributed by atoms with Gasteiger partial charge < -0.3 is 10.1 Å². The van der Waals surface area contributed by atoms with E-state index in [1.807, 2.05) is 56.3 Å². The molecular formula is C23H25NO4S. The van der Waals surface area contributed by atoms with Gasteiger partial charge in [-0.25, -0.2) is 8.42 Å². The van der Waals surface area contributed by atoms with E-state index in [9.17, 15) is 13.2 Å². The first-order valence-corrected chi connectivity index (χ1v) is 11.4. The van der Waals surface area contributed by atoms with Crippen LogP contribution in [0, 0.1) is 0 Å². The smallest absolute Gasteiger partial charge is 0.261 e. The highest BCUT2D eigenvalue weighted by Gasteiger charge is 2.21. The molecule has 0 saturated heterocycles. The van der Waals surface area contributed by atoms with Gasteiger partial charge in [0.2, 0.25) is 0 Å². The van der Waals surface area contributed by atoms with Gasteiger partial charge >= 0.3 is 0 Å². The monoisotopic (exact) mass is 411 g/mol. The Bertz CT molecular complexity index is 1100. The maximum Gasteiger partial charge on any atom is 0.261 e. The van der Waals surface area contributed by atoms with E-state index in [4.69, 9.17) is 4.74 Å². The SMILES string of the molecule is CC[C@H](Oc1cccc2ccccc12)C(=O)N[C@H](C)c1ccc(S(C)(=O)=O)cc1. The lowest BCUT2D eigenvalue weighted by molar-refractivity contribution is -0.128. The lowest BCUT2D eigenvalue weighted by Crippen LogP contribution is -2.39. The summed E-state index contributed by atoms with van der Waals surface area (Å²) >= 11 is 0. The molecule has 0 aliphatic heterocycles. The van der Waals surface area contributed by atoms with Crippen LogP contribution in [0.25, 0.3) is 10.8 Å². The predicted molar refractivity (Wildman–Crippen MR) is 115 cm³/mol. The summed E-state index contributed by atoms with van der Waals surface area (Å²) < 4.78 is 29.2. The molecule has 0 radical (unpaired) electrons. The minimum Gasteiger partial charge on any atom is -0.480 e. The van der Waals surface area contributed by atoms with Crippen LogP contribution in [0.4, 0.5) is 0 Å². The van der Waals surface area contributed by atoms with Crippen molar-refractivity contribution in [3.05, 3.63) is 72.3 Å². The van der Waals surface area contributed by atoms with Gasteiger partial charge in [0.05, 0.1) is 10.9 Å². The van der Waals surface area contributed by atoms with E-state index in [1.165, 1.54) is 6.26 Å².